The number of carbonyl (C=O) groups excluding carboxylic acids is 2. The molecule has 6 atom stereocenters. The van der Waals surface area contributed by atoms with E-state index in [4.69, 9.17) is 0 Å². The van der Waals surface area contributed by atoms with Crippen molar-refractivity contribution in [3.05, 3.63) is 12.4 Å². The molecule has 1 aromatic heterocycles. The van der Waals surface area contributed by atoms with Crippen molar-refractivity contribution in [1.82, 2.24) is 20.4 Å². The quantitative estimate of drug-likeness (QED) is 0.707. The molecule has 0 spiro atoms. The van der Waals surface area contributed by atoms with Gasteiger partial charge in [-0.1, -0.05) is 6.92 Å². The maximum atomic E-state index is 13.5. The summed E-state index contributed by atoms with van der Waals surface area (Å²) in [7, 11) is 1.62. The van der Waals surface area contributed by atoms with Gasteiger partial charge in [-0.2, -0.15) is 18.3 Å². The first-order chi connectivity index (χ1) is 15.4. The number of aliphatic imine (C=N–C) groups is 1. The Morgan fingerprint density at radius 2 is 2.06 bits per heavy atom. The third kappa shape index (κ3) is 4.39. The highest BCUT2D eigenvalue weighted by molar-refractivity contribution is 6.00. The van der Waals surface area contributed by atoms with Crippen molar-refractivity contribution in [2.24, 2.45) is 28.7 Å². The SMILES string of the molecule is CNC(=O)C1CN=CC(C2CC(C)C3C(=O)N(c4cnn(CC(F)(F)F)c4)C(C)(C)C3N2)C1. The fraction of sp³-hybridized carbons (Fsp3) is 0.727. The van der Waals surface area contributed by atoms with E-state index in [1.165, 1.54) is 12.4 Å². The lowest BCUT2D eigenvalue weighted by molar-refractivity contribution is -0.142. The number of hydrogen-bond acceptors (Lipinski definition) is 5. The molecule has 11 heteroatoms. The number of carbonyl (C=O) groups is 2. The maximum absolute atomic E-state index is 13.5. The molecule has 33 heavy (non-hydrogen) atoms. The molecule has 2 fully saturated rings. The number of nitrogens with one attached hydrogen (secondary N) is 2. The van der Waals surface area contributed by atoms with Crippen LogP contribution in [0.3, 0.4) is 0 Å². The summed E-state index contributed by atoms with van der Waals surface area (Å²) in [6, 6.07) is -0.143. The molecule has 1 aromatic rings. The molecule has 4 heterocycles. The van der Waals surface area contributed by atoms with Gasteiger partial charge in [-0.05, 0) is 32.6 Å². The van der Waals surface area contributed by atoms with Gasteiger partial charge in [0, 0.05) is 37.5 Å². The van der Waals surface area contributed by atoms with E-state index < -0.39 is 18.3 Å². The number of nitrogens with zero attached hydrogens (tertiary/aromatic N) is 4. The molecule has 0 aromatic carbocycles. The summed E-state index contributed by atoms with van der Waals surface area (Å²) in [5.41, 5.74) is -0.305. The molecule has 8 nitrogen and oxygen atoms in total. The number of alkyl halides is 3. The van der Waals surface area contributed by atoms with Gasteiger partial charge < -0.3 is 15.5 Å². The van der Waals surface area contributed by atoms with Gasteiger partial charge in [0.1, 0.15) is 6.54 Å². The van der Waals surface area contributed by atoms with Gasteiger partial charge in [-0.15, -0.1) is 0 Å². The van der Waals surface area contributed by atoms with Crippen LogP contribution in [0.1, 0.15) is 33.6 Å². The number of halogens is 3. The van der Waals surface area contributed by atoms with Gasteiger partial charge >= 0.3 is 6.18 Å². The molecule has 0 aliphatic carbocycles. The summed E-state index contributed by atoms with van der Waals surface area (Å²) in [5.74, 6) is -0.449. The normalized spacial score (nSPS) is 33.8. The number of amides is 2. The second kappa shape index (κ2) is 8.41. The minimum Gasteiger partial charge on any atom is -0.359 e. The van der Waals surface area contributed by atoms with Crippen LogP contribution in [0.2, 0.25) is 0 Å². The lowest BCUT2D eigenvalue weighted by Gasteiger charge is -2.44. The molecular formula is C22H31F3N6O2. The molecule has 6 unspecified atom stereocenters. The third-order valence-corrected chi connectivity index (χ3v) is 7.37. The highest BCUT2D eigenvalue weighted by Crippen LogP contribution is 2.45. The minimum atomic E-state index is -4.39. The fourth-order valence-corrected chi connectivity index (χ4v) is 5.83. The van der Waals surface area contributed by atoms with Crippen LogP contribution in [0.15, 0.2) is 17.4 Å². The zero-order valence-corrected chi connectivity index (χ0v) is 19.3. The van der Waals surface area contributed by atoms with Crippen LogP contribution in [-0.2, 0) is 16.1 Å². The van der Waals surface area contributed by atoms with Gasteiger partial charge in [-0.25, -0.2) is 0 Å². The largest absolute Gasteiger partial charge is 0.408 e. The Kier molecular flexibility index (Phi) is 6.05. The van der Waals surface area contributed by atoms with E-state index in [2.05, 4.69) is 20.7 Å². The summed E-state index contributed by atoms with van der Waals surface area (Å²) in [6.07, 6.45) is 1.58. The molecule has 0 saturated carbocycles. The van der Waals surface area contributed by atoms with Gasteiger partial charge in [-0.3, -0.25) is 19.3 Å². The molecule has 3 aliphatic rings. The van der Waals surface area contributed by atoms with Crippen molar-refractivity contribution in [3.8, 4) is 0 Å². The van der Waals surface area contributed by atoms with E-state index in [-0.39, 0.29) is 47.6 Å². The monoisotopic (exact) mass is 468 g/mol. The van der Waals surface area contributed by atoms with Crippen molar-refractivity contribution >= 4 is 23.7 Å². The smallest absolute Gasteiger partial charge is 0.359 e. The van der Waals surface area contributed by atoms with Crippen molar-refractivity contribution in [1.29, 1.82) is 0 Å². The molecule has 0 radical (unpaired) electrons. The van der Waals surface area contributed by atoms with Crippen molar-refractivity contribution in [3.63, 3.8) is 0 Å². The topological polar surface area (TPSA) is 91.6 Å². The van der Waals surface area contributed by atoms with E-state index in [1.807, 2.05) is 27.0 Å². The van der Waals surface area contributed by atoms with Crippen LogP contribution < -0.4 is 15.5 Å². The minimum absolute atomic E-state index is 0.0167. The first-order valence-corrected chi connectivity index (χ1v) is 11.3. The van der Waals surface area contributed by atoms with Crippen molar-refractivity contribution < 1.29 is 22.8 Å². The molecule has 2 saturated heterocycles. The highest BCUT2D eigenvalue weighted by Gasteiger charge is 2.58. The molecule has 4 rings (SSSR count). The number of piperidine rings is 1. The number of anilines is 1. The van der Waals surface area contributed by atoms with Crippen LogP contribution in [-0.4, -0.2) is 65.2 Å². The Hall–Kier alpha value is -2.43. The van der Waals surface area contributed by atoms with Gasteiger partial charge in [0.25, 0.3) is 0 Å². The zero-order chi connectivity index (χ0) is 24.1. The third-order valence-electron chi connectivity index (χ3n) is 7.37. The molecule has 2 N–H and O–H groups in total. The van der Waals surface area contributed by atoms with E-state index in [9.17, 15) is 22.8 Å². The zero-order valence-electron chi connectivity index (χ0n) is 19.3. The van der Waals surface area contributed by atoms with E-state index in [1.54, 1.807) is 11.9 Å². The summed E-state index contributed by atoms with van der Waals surface area (Å²) >= 11 is 0. The standard InChI is InChI=1S/C22H31F3N6O2/c1-12-5-16(13-6-14(8-27-7-13)19(32)26-4)29-18-17(12)20(33)31(21(18,2)3)15-9-28-30(10-15)11-22(23,24)25/h7,9-10,12-14,16-18,29H,5-6,8,11H2,1-4H3,(H,26,32). The first kappa shape index (κ1) is 23.7. The van der Waals surface area contributed by atoms with Crippen LogP contribution in [0.5, 0.6) is 0 Å². The van der Waals surface area contributed by atoms with E-state index in [0.29, 0.717) is 18.7 Å². The van der Waals surface area contributed by atoms with Crippen LogP contribution >= 0.6 is 0 Å². The molecule has 3 aliphatic heterocycles. The number of aromatic nitrogens is 2. The van der Waals surface area contributed by atoms with Gasteiger partial charge in [0.15, 0.2) is 0 Å². The average molecular weight is 469 g/mol. The average Bonchev–Trinajstić information content (AvgIpc) is 3.25. The van der Waals surface area contributed by atoms with E-state index >= 15 is 0 Å². The highest BCUT2D eigenvalue weighted by atomic mass is 19.4. The summed E-state index contributed by atoms with van der Waals surface area (Å²) < 4.78 is 39.2. The predicted molar refractivity (Wildman–Crippen MR) is 117 cm³/mol. The van der Waals surface area contributed by atoms with Crippen molar-refractivity contribution in [2.75, 3.05) is 18.5 Å². The lowest BCUT2D eigenvalue weighted by Crippen LogP contribution is -2.60. The van der Waals surface area contributed by atoms with Gasteiger partial charge in [0.2, 0.25) is 11.8 Å². The summed E-state index contributed by atoms with van der Waals surface area (Å²) in [6.45, 7) is 5.19. The fourth-order valence-electron chi connectivity index (χ4n) is 5.83. The number of fused-ring (bicyclic) bond motifs is 1. The van der Waals surface area contributed by atoms with Crippen LogP contribution in [0, 0.1) is 23.7 Å². The van der Waals surface area contributed by atoms with E-state index in [0.717, 1.165) is 11.1 Å². The number of hydrogen-bond donors (Lipinski definition) is 2. The molecule has 2 amide bonds. The van der Waals surface area contributed by atoms with Crippen LogP contribution in [0.4, 0.5) is 18.9 Å². The second-order valence-electron chi connectivity index (χ2n) is 10.1. The lowest BCUT2D eigenvalue weighted by atomic mass is 9.72. The van der Waals surface area contributed by atoms with Crippen molar-refractivity contribution in [2.45, 2.75) is 64.0 Å². The predicted octanol–water partition coefficient (Wildman–Crippen LogP) is 2.01. The Balaban J connectivity index is 1.56. The Morgan fingerprint density at radius 3 is 2.73 bits per heavy atom. The second-order valence-corrected chi connectivity index (χ2v) is 10.1. The maximum Gasteiger partial charge on any atom is 0.408 e. The Bertz CT molecular complexity index is 943. The van der Waals surface area contributed by atoms with Crippen LogP contribution in [0.25, 0.3) is 0 Å². The summed E-state index contributed by atoms with van der Waals surface area (Å²) in [4.78, 5) is 31.6. The Labute approximate surface area is 191 Å². The molecule has 182 valence electrons. The number of rotatable bonds is 4. The van der Waals surface area contributed by atoms with Gasteiger partial charge in [0.05, 0.1) is 35.8 Å². The molecular weight excluding hydrogens is 437 g/mol. The Morgan fingerprint density at radius 1 is 1.33 bits per heavy atom. The summed E-state index contributed by atoms with van der Waals surface area (Å²) in [5, 5.41) is 10.2. The molecule has 0 bridgehead atoms. The first-order valence-electron chi connectivity index (χ1n) is 11.3.